The van der Waals surface area contributed by atoms with Gasteiger partial charge in [0, 0.05) is 31.7 Å². The Morgan fingerprint density at radius 1 is 1.31 bits per heavy atom. The van der Waals surface area contributed by atoms with Gasteiger partial charge in [-0.2, -0.15) is 11.8 Å². The smallest absolute Gasteiger partial charge is 0.0167 e. The van der Waals surface area contributed by atoms with Gasteiger partial charge in [-0.15, -0.1) is 0 Å². The largest absolute Gasteiger partial charge is 0.312 e. The van der Waals surface area contributed by atoms with Crippen molar-refractivity contribution in [3.05, 3.63) is 0 Å². The minimum absolute atomic E-state index is 0.698. The average Bonchev–Trinajstić information content (AvgIpc) is 2.19. The fraction of sp³-hybridized carbons (Fsp3) is 1.00. The maximum absolute atomic E-state index is 3.50. The molecule has 13 heavy (non-hydrogen) atoms. The number of nitrogens with zero attached hydrogens (tertiary/aromatic N) is 1. The Kier molecular flexibility index (Phi) is 3.52. The highest BCUT2D eigenvalue weighted by atomic mass is 32.2. The molecule has 0 amide bonds. The van der Waals surface area contributed by atoms with E-state index in [0.717, 1.165) is 6.04 Å². The Bertz CT molecular complexity index is 157. The van der Waals surface area contributed by atoms with Gasteiger partial charge in [-0.05, 0) is 31.3 Å². The summed E-state index contributed by atoms with van der Waals surface area (Å²) in [6.07, 6.45) is 2.83. The first-order chi connectivity index (χ1) is 6.36. The van der Waals surface area contributed by atoms with E-state index in [1.165, 1.54) is 44.0 Å². The van der Waals surface area contributed by atoms with Crippen molar-refractivity contribution in [3.63, 3.8) is 0 Å². The highest BCUT2D eigenvalue weighted by Crippen LogP contribution is 2.22. The van der Waals surface area contributed by atoms with Crippen LogP contribution in [0.5, 0.6) is 0 Å². The average molecular weight is 200 g/mol. The van der Waals surface area contributed by atoms with Gasteiger partial charge in [0.05, 0.1) is 0 Å². The molecule has 0 aromatic rings. The lowest BCUT2D eigenvalue weighted by Crippen LogP contribution is -2.53. The van der Waals surface area contributed by atoms with Crippen LogP contribution < -0.4 is 5.32 Å². The molecule has 0 aliphatic carbocycles. The molecule has 3 heteroatoms. The Labute approximate surface area is 85.4 Å². The molecule has 0 saturated carbocycles. The summed E-state index contributed by atoms with van der Waals surface area (Å²) in [6, 6.07) is 1.59. The zero-order valence-electron chi connectivity index (χ0n) is 8.46. The summed E-state index contributed by atoms with van der Waals surface area (Å²) < 4.78 is 0. The van der Waals surface area contributed by atoms with Crippen LogP contribution in [0.1, 0.15) is 19.8 Å². The third-order valence-corrected chi connectivity index (χ3v) is 4.16. The molecule has 2 rings (SSSR count). The highest BCUT2D eigenvalue weighted by Gasteiger charge is 2.24. The summed E-state index contributed by atoms with van der Waals surface area (Å²) in [5, 5.41) is 3.50. The molecule has 1 N–H and O–H groups in total. The van der Waals surface area contributed by atoms with E-state index < -0.39 is 0 Å². The summed E-state index contributed by atoms with van der Waals surface area (Å²) in [4.78, 5) is 2.70. The van der Waals surface area contributed by atoms with Crippen LogP contribution >= 0.6 is 11.8 Å². The molecule has 2 fully saturated rings. The second-order valence-corrected chi connectivity index (χ2v) is 5.42. The fourth-order valence-electron chi connectivity index (χ4n) is 2.34. The molecular formula is C10H20N2S. The number of hydrogen-bond donors (Lipinski definition) is 1. The van der Waals surface area contributed by atoms with Crippen LogP contribution in [0.25, 0.3) is 0 Å². The normalized spacial score (nSPS) is 33.5. The molecule has 0 unspecified atom stereocenters. The van der Waals surface area contributed by atoms with Crippen LogP contribution in [0, 0.1) is 0 Å². The number of nitrogens with one attached hydrogen (secondary N) is 1. The van der Waals surface area contributed by atoms with Gasteiger partial charge in [-0.25, -0.2) is 0 Å². The standard InChI is InChI=1S/C10H20N2S/c1-9-8-12(5-4-11-9)10-2-6-13-7-3-10/h9-11H,2-8H2,1H3/t9-/m1/s1. The summed E-state index contributed by atoms with van der Waals surface area (Å²) in [7, 11) is 0. The molecule has 2 nitrogen and oxygen atoms in total. The molecule has 0 bridgehead atoms. The van der Waals surface area contributed by atoms with Crippen molar-refractivity contribution in [2.45, 2.75) is 31.8 Å². The van der Waals surface area contributed by atoms with Crippen molar-refractivity contribution in [1.82, 2.24) is 10.2 Å². The SMILES string of the molecule is C[C@@H]1CN(C2CCSCC2)CCN1. The monoisotopic (exact) mass is 200 g/mol. The topological polar surface area (TPSA) is 15.3 Å². The highest BCUT2D eigenvalue weighted by molar-refractivity contribution is 7.99. The predicted molar refractivity (Wildman–Crippen MR) is 59.4 cm³/mol. The van der Waals surface area contributed by atoms with Crippen molar-refractivity contribution in [2.75, 3.05) is 31.1 Å². The van der Waals surface area contributed by atoms with Gasteiger partial charge in [-0.1, -0.05) is 0 Å². The van der Waals surface area contributed by atoms with Gasteiger partial charge < -0.3 is 5.32 Å². The molecule has 0 spiro atoms. The van der Waals surface area contributed by atoms with E-state index in [4.69, 9.17) is 0 Å². The molecule has 2 heterocycles. The van der Waals surface area contributed by atoms with Crippen molar-refractivity contribution in [2.24, 2.45) is 0 Å². The number of piperazine rings is 1. The molecule has 2 aliphatic heterocycles. The van der Waals surface area contributed by atoms with Crippen molar-refractivity contribution in [1.29, 1.82) is 0 Å². The van der Waals surface area contributed by atoms with E-state index in [1.54, 1.807) is 0 Å². The van der Waals surface area contributed by atoms with Gasteiger partial charge in [0.15, 0.2) is 0 Å². The Hall–Kier alpha value is 0.270. The lowest BCUT2D eigenvalue weighted by Gasteiger charge is -2.39. The first-order valence-electron chi connectivity index (χ1n) is 5.41. The van der Waals surface area contributed by atoms with Crippen LogP contribution in [0.4, 0.5) is 0 Å². The quantitative estimate of drug-likeness (QED) is 0.684. The fourth-order valence-corrected chi connectivity index (χ4v) is 3.43. The molecule has 2 saturated heterocycles. The third-order valence-electron chi connectivity index (χ3n) is 3.11. The van der Waals surface area contributed by atoms with Crippen LogP contribution in [0.2, 0.25) is 0 Å². The number of thioether (sulfide) groups is 1. The Morgan fingerprint density at radius 2 is 2.08 bits per heavy atom. The van der Waals surface area contributed by atoms with Crippen molar-refractivity contribution < 1.29 is 0 Å². The predicted octanol–water partition coefficient (Wildman–Crippen LogP) is 1.18. The lowest BCUT2D eigenvalue weighted by molar-refractivity contribution is 0.141. The van der Waals surface area contributed by atoms with Gasteiger partial charge in [0.1, 0.15) is 0 Å². The zero-order chi connectivity index (χ0) is 9.10. The van der Waals surface area contributed by atoms with Gasteiger partial charge in [0.25, 0.3) is 0 Å². The number of rotatable bonds is 1. The molecule has 0 radical (unpaired) electrons. The van der Waals surface area contributed by atoms with Crippen LogP contribution in [-0.4, -0.2) is 48.1 Å². The molecule has 76 valence electrons. The Balaban J connectivity index is 1.83. The van der Waals surface area contributed by atoms with E-state index in [2.05, 4.69) is 28.9 Å². The minimum atomic E-state index is 0.698. The lowest BCUT2D eigenvalue weighted by atomic mass is 10.1. The van der Waals surface area contributed by atoms with E-state index in [-0.39, 0.29) is 0 Å². The van der Waals surface area contributed by atoms with E-state index >= 15 is 0 Å². The zero-order valence-corrected chi connectivity index (χ0v) is 9.28. The summed E-state index contributed by atoms with van der Waals surface area (Å²) in [6.45, 7) is 6.00. The first kappa shape index (κ1) is 9.81. The van der Waals surface area contributed by atoms with E-state index in [1.807, 2.05) is 0 Å². The minimum Gasteiger partial charge on any atom is -0.312 e. The molecule has 0 aromatic heterocycles. The molecule has 2 aliphatic rings. The van der Waals surface area contributed by atoms with Gasteiger partial charge >= 0.3 is 0 Å². The second-order valence-electron chi connectivity index (χ2n) is 4.19. The maximum atomic E-state index is 3.50. The third kappa shape index (κ3) is 2.61. The Morgan fingerprint density at radius 3 is 2.77 bits per heavy atom. The molecular weight excluding hydrogens is 180 g/mol. The summed E-state index contributed by atoms with van der Waals surface area (Å²) in [5.74, 6) is 2.76. The van der Waals surface area contributed by atoms with Crippen molar-refractivity contribution >= 4 is 11.8 Å². The number of hydrogen-bond acceptors (Lipinski definition) is 3. The van der Waals surface area contributed by atoms with Crippen LogP contribution in [0.15, 0.2) is 0 Å². The summed E-state index contributed by atoms with van der Waals surface area (Å²) >= 11 is 2.12. The van der Waals surface area contributed by atoms with E-state index in [0.29, 0.717) is 6.04 Å². The van der Waals surface area contributed by atoms with E-state index in [9.17, 15) is 0 Å². The van der Waals surface area contributed by atoms with Crippen LogP contribution in [0.3, 0.4) is 0 Å². The van der Waals surface area contributed by atoms with Gasteiger partial charge in [0.2, 0.25) is 0 Å². The second kappa shape index (κ2) is 4.67. The molecule has 1 atom stereocenters. The maximum Gasteiger partial charge on any atom is 0.0167 e. The summed E-state index contributed by atoms with van der Waals surface area (Å²) in [5.41, 5.74) is 0. The van der Waals surface area contributed by atoms with Crippen LogP contribution in [-0.2, 0) is 0 Å². The van der Waals surface area contributed by atoms with Gasteiger partial charge in [-0.3, -0.25) is 4.90 Å². The first-order valence-corrected chi connectivity index (χ1v) is 6.57. The van der Waals surface area contributed by atoms with Crippen molar-refractivity contribution in [3.8, 4) is 0 Å². The molecule has 0 aromatic carbocycles.